The van der Waals surface area contributed by atoms with Crippen molar-refractivity contribution in [3.63, 3.8) is 0 Å². The van der Waals surface area contributed by atoms with Crippen LogP contribution in [0.2, 0.25) is 0 Å². The highest BCUT2D eigenvalue weighted by Crippen LogP contribution is 2.30. The van der Waals surface area contributed by atoms with Crippen LogP contribution in [0.3, 0.4) is 0 Å². The van der Waals surface area contributed by atoms with E-state index in [-0.39, 0.29) is 30.0 Å². The molecule has 8 nitrogen and oxygen atoms in total. The van der Waals surface area contributed by atoms with Gasteiger partial charge in [0.25, 0.3) is 0 Å². The van der Waals surface area contributed by atoms with Gasteiger partial charge in [0.2, 0.25) is 0 Å². The molecule has 1 aromatic heterocycles. The standard InChI is InChI=1S/C24H37N5O3.HI/c1-6-28(7-2)22(23-9-8-12-32-23)16-26-24(25-3)27-18-10-11-29(17-18)19-13-20(30-4)15-21(14-19)31-5;/h8-9,12-15,18,22H,6-7,10-11,16-17H2,1-5H3,(H2,25,26,27);1H. The molecule has 3 rings (SSSR count). The SMILES string of the molecule is CCN(CC)C(CNC(=NC)NC1CCN(c2cc(OC)cc(OC)c2)C1)c1ccco1.I. The molecule has 1 saturated heterocycles. The van der Waals surface area contributed by atoms with Crippen LogP contribution in [0.5, 0.6) is 11.5 Å². The lowest BCUT2D eigenvalue weighted by molar-refractivity contribution is 0.193. The number of nitrogens with zero attached hydrogens (tertiary/aromatic N) is 3. The highest BCUT2D eigenvalue weighted by atomic mass is 127. The smallest absolute Gasteiger partial charge is 0.191 e. The highest BCUT2D eigenvalue weighted by Gasteiger charge is 2.25. The Hall–Kier alpha value is -2.14. The van der Waals surface area contributed by atoms with Crippen molar-refractivity contribution in [1.82, 2.24) is 15.5 Å². The van der Waals surface area contributed by atoms with Crippen LogP contribution in [0.4, 0.5) is 5.69 Å². The second-order valence-corrected chi connectivity index (χ2v) is 7.85. The number of aliphatic imine (C=N–C) groups is 1. The Morgan fingerprint density at radius 3 is 2.45 bits per heavy atom. The Labute approximate surface area is 214 Å². The van der Waals surface area contributed by atoms with E-state index >= 15 is 0 Å². The Morgan fingerprint density at radius 2 is 1.91 bits per heavy atom. The van der Waals surface area contributed by atoms with Crippen LogP contribution in [0.1, 0.15) is 32.1 Å². The molecule has 1 aliphatic rings. The minimum absolute atomic E-state index is 0. The lowest BCUT2D eigenvalue weighted by atomic mass is 10.2. The van der Waals surface area contributed by atoms with E-state index in [4.69, 9.17) is 13.9 Å². The molecular weight excluding hydrogens is 533 g/mol. The summed E-state index contributed by atoms with van der Waals surface area (Å²) < 4.78 is 16.6. The van der Waals surface area contributed by atoms with Crippen LogP contribution in [0, 0.1) is 0 Å². The first-order chi connectivity index (χ1) is 15.6. The number of ether oxygens (including phenoxy) is 2. The van der Waals surface area contributed by atoms with Crippen LogP contribution < -0.4 is 25.0 Å². The molecule has 33 heavy (non-hydrogen) atoms. The number of nitrogens with one attached hydrogen (secondary N) is 2. The quantitative estimate of drug-likeness (QED) is 0.256. The van der Waals surface area contributed by atoms with Gasteiger partial charge in [0.15, 0.2) is 5.96 Å². The first-order valence-electron chi connectivity index (χ1n) is 11.3. The van der Waals surface area contributed by atoms with Crippen molar-refractivity contribution in [2.45, 2.75) is 32.4 Å². The van der Waals surface area contributed by atoms with Gasteiger partial charge < -0.3 is 29.4 Å². The van der Waals surface area contributed by atoms with E-state index in [1.165, 1.54) is 0 Å². The highest BCUT2D eigenvalue weighted by molar-refractivity contribution is 14.0. The summed E-state index contributed by atoms with van der Waals surface area (Å²) in [5.74, 6) is 3.38. The zero-order valence-electron chi connectivity index (χ0n) is 20.3. The van der Waals surface area contributed by atoms with Gasteiger partial charge in [-0.1, -0.05) is 13.8 Å². The van der Waals surface area contributed by atoms with Crippen molar-refractivity contribution < 1.29 is 13.9 Å². The molecule has 2 heterocycles. The summed E-state index contributed by atoms with van der Waals surface area (Å²) in [5.41, 5.74) is 1.10. The maximum Gasteiger partial charge on any atom is 0.191 e. The number of rotatable bonds is 10. The second-order valence-electron chi connectivity index (χ2n) is 7.85. The van der Waals surface area contributed by atoms with Crippen molar-refractivity contribution in [2.75, 3.05) is 58.9 Å². The van der Waals surface area contributed by atoms with Crippen LogP contribution in [0.15, 0.2) is 46.0 Å². The lowest BCUT2D eigenvalue weighted by Gasteiger charge is -2.29. The molecule has 0 amide bonds. The van der Waals surface area contributed by atoms with E-state index in [1.807, 2.05) is 25.2 Å². The molecule has 2 atom stereocenters. The second kappa shape index (κ2) is 13.5. The maximum absolute atomic E-state index is 5.71. The van der Waals surface area contributed by atoms with Gasteiger partial charge in [0, 0.05) is 56.6 Å². The molecule has 0 saturated carbocycles. The molecule has 184 valence electrons. The number of furan rings is 1. The average Bonchev–Trinajstić information content (AvgIpc) is 3.53. The van der Waals surface area contributed by atoms with Crippen molar-refractivity contribution in [3.05, 3.63) is 42.4 Å². The van der Waals surface area contributed by atoms with Gasteiger partial charge in [-0.3, -0.25) is 9.89 Å². The van der Waals surface area contributed by atoms with Crippen LogP contribution in [-0.4, -0.2) is 70.9 Å². The van der Waals surface area contributed by atoms with E-state index < -0.39 is 0 Å². The third-order valence-corrected chi connectivity index (χ3v) is 6.04. The van der Waals surface area contributed by atoms with E-state index in [1.54, 1.807) is 20.5 Å². The molecule has 1 aromatic carbocycles. The van der Waals surface area contributed by atoms with Crippen molar-refractivity contribution in [3.8, 4) is 11.5 Å². The van der Waals surface area contributed by atoms with Crippen LogP contribution in [-0.2, 0) is 0 Å². The first kappa shape index (κ1) is 27.1. The molecular formula is C24H38IN5O3. The van der Waals surface area contributed by atoms with E-state index in [9.17, 15) is 0 Å². The van der Waals surface area contributed by atoms with Gasteiger partial charge in [0.1, 0.15) is 17.3 Å². The Morgan fingerprint density at radius 1 is 1.21 bits per heavy atom. The average molecular weight is 572 g/mol. The Kier molecular flexibility index (Phi) is 11.1. The molecule has 2 unspecified atom stereocenters. The fourth-order valence-electron chi connectivity index (χ4n) is 4.22. The zero-order chi connectivity index (χ0) is 22.9. The third-order valence-electron chi connectivity index (χ3n) is 6.04. The predicted molar refractivity (Wildman–Crippen MR) is 144 cm³/mol. The zero-order valence-corrected chi connectivity index (χ0v) is 22.7. The summed E-state index contributed by atoms with van der Waals surface area (Å²) >= 11 is 0. The topological polar surface area (TPSA) is 74.5 Å². The molecule has 1 fully saturated rings. The number of hydrogen-bond donors (Lipinski definition) is 2. The van der Waals surface area contributed by atoms with Gasteiger partial charge in [-0.15, -0.1) is 24.0 Å². The number of anilines is 1. The number of benzene rings is 1. The van der Waals surface area contributed by atoms with Crippen molar-refractivity contribution in [2.24, 2.45) is 4.99 Å². The largest absolute Gasteiger partial charge is 0.497 e. The fourth-order valence-corrected chi connectivity index (χ4v) is 4.22. The van der Waals surface area contributed by atoms with E-state index in [2.05, 4.69) is 51.4 Å². The van der Waals surface area contributed by atoms with Gasteiger partial charge >= 0.3 is 0 Å². The van der Waals surface area contributed by atoms with Crippen LogP contribution >= 0.6 is 24.0 Å². The van der Waals surface area contributed by atoms with E-state index in [0.717, 1.165) is 68.1 Å². The normalized spacial score (nSPS) is 17.0. The van der Waals surface area contributed by atoms with E-state index in [0.29, 0.717) is 6.04 Å². The number of hydrogen-bond acceptors (Lipinski definition) is 6. The summed E-state index contributed by atoms with van der Waals surface area (Å²) in [6.07, 6.45) is 2.76. The fraction of sp³-hybridized carbons (Fsp3) is 0.542. The first-order valence-corrected chi connectivity index (χ1v) is 11.3. The molecule has 0 aliphatic carbocycles. The maximum atomic E-state index is 5.71. The number of halogens is 1. The minimum atomic E-state index is 0. The molecule has 0 bridgehead atoms. The summed E-state index contributed by atoms with van der Waals surface area (Å²) in [6.45, 7) is 8.82. The molecule has 0 radical (unpaired) electrons. The van der Waals surface area contributed by atoms with Gasteiger partial charge in [-0.25, -0.2) is 0 Å². The monoisotopic (exact) mass is 571 g/mol. The number of methoxy groups -OCH3 is 2. The van der Waals surface area contributed by atoms with Gasteiger partial charge in [-0.05, 0) is 31.6 Å². The third kappa shape index (κ3) is 7.17. The minimum Gasteiger partial charge on any atom is -0.497 e. The summed E-state index contributed by atoms with van der Waals surface area (Å²) in [7, 11) is 5.17. The summed E-state index contributed by atoms with van der Waals surface area (Å²) in [6, 6.07) is 10.4. The Balaban J connectivity index is 0.00000385. The molecule has 1 aliphatic heterocycles. The predicted octanol–water partition coefficient (Wildman–Crippen LogP) is 3.74. The van der Waals surface area contributed by atoms with Crippen molar-refractivity contribution in [1.29, 1.82) is 0 Å². The molecule has 0 spiro atoms. The lowest BCUT2D eigenvalue weighted by Crippen LogP contribution is -2.47. The van der Waals surface area contributed by atoms with Gasteiger partial charge in [-0.2, -0.15) is 0 Å². The summed E-state index contributed by atoms with van der Waals surface area (Å²) in [4.78, 5) is 9.18. The van der Waals surface area contributed by atoms with Gasteiger partial charge in [0.05, 0.1) is 26.5 Å². The number of likely N-dealkylation sites (N-methyl/N-ethyl adjacent to an activating group) is 1. The molecule has 2 aromatic rings. The van der Waals surface area contributed by atoms with Crippen LogP contribution in [0.25, 0.3) is 0 Å². The molecule has 9 heteroatoms. The van der Waals surface area contributed by atoms with Crippen molar-refractivity contribution >= 4 is 35.6 Å². The Bertz CT molecular complexity index is 836. The number of guanidine groups is 1. The summed E-state index contributed by atoms with van der Waals surface area (Å²) in [5, 5.41) is 7.09. The molecule has 2 N–H and O–H groups in total.